The van der Waals surface area contributed by atoms with Gasteiger partial charge in [0.2, 0.25) is 0 Å². The monoisotopic (exact) mass is 220 g/mol. The Morgan fingerprint density at radius 3 is 2.94 bits per heavy atom. The van der Waals surface area contributed by atoms with Crippen molar-refractivity contribution in [3.05, 3.63) is 30.3 Å². The predicted octanol–water partition coefficient (Wildman–Crippen LogP) is 1.82. The van der Waals surface area contributed by atoms with Crippen molar-refractivity contribution in [1.82, 2.24) is 4.90 Å². The second-order valence-corrected chi connectivity index (χ2v) is 4.27. The summed E-state index contributed by atoms with van der Waals surface area (Å²) in [5, 5.41) is 3.42. The Kier molecular flexibility index (Phi) is 4.19. The van der Waals surface area contributed by atoms with Crippen LogP contribution in [0.2, 0.25) is 0 Å². The fraction of sp³-hybridized carbons (Fsp3) is 0.538. The molecule has 1 aliphatic heterocycles. The maximum Gasteiger partial charge on any atom is 0.0674 e. The van der Waals surface area contributed by atoms with Crippen LogP contribution in [-0.4, -0.2) is 43.8 Å². The summed E-state index contributed by atoms with van der Waals surface area (Å²) in [6.45, 7) is 7.19. The number of morpholine rings is 1. The number of hydrogen-bond donors (Lipinski definition) is 1. The third-order valence-electron chi connectivity index (χ3n) is 2.86. The molecule has 1 aromatic rings. The van der Waals surface area contributed by atoms with Gasteiger partial charge < -0.3 is 10.1 Å². The molecule has 1 fully saturated rings. The van der Waals surface area contributed by atoms with Crippen molar-refractivity contribution in [2.45, 2.75) is 13.0 Å². The van der Waals surface area contributed by atoms with E-state index in [-0.39, 0.29) is 0 Å². The number of nitrogens with zero attached hydrogens (tertiary/aromatic N) is 1. The van der Waals surface area contributed by atoms with Gasteiger partial charge in [-0.3, -0.25) is 4.90 Å². The summed E-state index contributed by atoms with van der Waals surface area (Å²) >= 11 is 0. The van der Waals surface area contributed by atoms with Gasteiger partial charge in [0, 0.05) is 31.9 Å². The molecule has 0 saturated carbocycles. The summed E-state index contributed by atoms with van der Waals surface area (Å²) in [6.07, 6.45) is 0.380. The lowest BCUT2D eigenvalue weighted by atomic mass is 10.3. The minimum absolute atomic E-state index is 0.380. The Hall–Kier alpha value is -1.06. The van der Waals surface area contributed by atoms with E-state index in [0.29, 0.717) is 6.10 Å². The van der Waals surface area contributed by atoms with Gasteiger partial charge in [0.25, 0.3) is 0 Å². The van der Waals surface area contributed by atoms with E-state index in [1.165, 1.54) is 5.69 Å². The molecule has 88 valence electrons. The predicted molar refractivity (Wildman–Crippen MR) is 66.8 cm³/mol. The first-order valence-electron chi connectivity index (χ1n) is 5.97. The zero-order valence-corrected chi connectivity index (χ0v) is 9.86. The number of para-hydroxylation sites is 1. The number of hydrogen-bond acceptors (Lipinski definition) is 3. The maximum absolute atomic E-state index is 5.51. The topological polar surface area (TPSA) is 24.5 Å². The van der Waals surface area contributed by atoms with E-state index in [1.54, 1.807) is 0 Å². The molecule has 0 bridgehead atoms. The van der Waals surface area contributed by atoms with Crippen LogP contribution in [0.1, 0.15) is 6.92 Å². The fourth-order valence-electron chi connectivity index (χ4n) is 2.01. The Morgan fingerprint density at radius 2 is 2.19 bits per heavy atom. The molecular weight excluding hydrogens is 200 g/mol. The van der Waals surface area contributed by atoms with Crippen LogP contribution in [0.3, 0.4) is 0 Å². The molecule has 0 spiro atoms. The highest BCUT2D eigenvalue weighted by Gasteiger charge is 2.15. The van der Waals surface area contributed by atoms with Crippen molar-refractivity contribution in [3.63, 3.8) is 0 Å². The van der Waals surface area contributed by atoms with Crippen LogP contribution >= 0.6 is 0 Å². The number of anilines is 1. The third-order valence-corrected chi connectivity index (χ3v) is 2.86. The van der Waals surface area contributed by atoms with Crippen LogP contribution in [0, 0.1) is 0 Å². The standard InChI is InChI=1S/C13H20N2O/c1-12-11-15(9-10-16-12)8-7-14-13-5-3-2-4-6-13/h2-6,12,14H,7-11H2,1H3. The molecule has 1 saturated heterocycles. The smallest absolute Gasteiger partial charge is 0.0674 e. The molecule has 0 radical (unpaired) electrons. The fourth-order valence-corrected chi connectivity index (χ4v) is 2.01. The lowest BCUT2D eigenvalue weighted by Crippen LogP contribution is -2.43. The summed E-state index contributed by atoms with van der Waals surface area (Å²) in [4.78, 5) is 2.45. The van der Waals surface area contributed by atoms with E-state index in [2.05, 4.69) is 41.4 Å². The van der Waals surface area contributed by atoms with Crippen molar-refractivity contribution in [2.75, 3.05) is 38.1 Å². The molecule has 1 heterocycles. The lowest BCUT2D eigenvalue weighted by Gasteiger charge is -2.31. The Morgan fingerprint density at radius 1 is 1.38 bits per heavy atom. The average molecular weight is 220 g/mol. The maximum atomic E-state index is 5.51. The SMILES string of the molecule is CC1CN(CCNc2ccccc2)CCO1. The van der Waals surface area contributed by atoms with Crippen LogP contribution < -0.4 is 5.32 Å². The second kappa shape index (κ2) is 5.87. The number of nitrogens with one attached hydrogen (secondary N) is 1. The van der Waals surface area contributed by atoms with Gasteiger partial charge >= 0.3 is 0 Å². The van der Waals surface area contributed by atoms with Gasteiger partial charge in [-0.2, -0.15) is 0 Å². The highest BCUT2D eigenvalue weighted by atomic mass is 16.5. The van der Waals surface area contributed by atoms with Crippen molar-refractivity contribution in [3.8, 4) is 0 Å². The molecule has 3 nitrogen and oxygen atoms in total. The summed E-state index contributed by atoms with van der Waals surface area (Å²) < 4.78 is 5.51. The molecule has 0 aliphatic carbocycles. The zero-order chi connectivity index (χ0) is 11.2. The molecule has 1 atom stereocenters. The minimum Gasteiger partial charge on any atom is -0.384 e. The average Bonchev–Trinajstić information content (AvgIpc) is 2.30. The van der Waals surface area contributed by atoms with Crippen LogP contribution in [0.5, 0.6) is 0 Å². The van der Waals surface area contributed by atoms with Gasteiger partial charge in [-0.05, 0) is 19.1 Å². The first-order valence-corrected chi connectivity index (χ1v) is 5.97. The number of rotatable bonds is 4. The van der Waals surface area contributed by atoms with Gasteiger partial charge in [0.15, 0.2) is 0 Å². The molecule has 1 aromatic carbocycles. The van der Waals surface area contributed by atoms with Crippen LogP contribution in [-0.2, 0) is 4.74 Å². The van der Waals surface area contributed by atoms with Crippen LogP contribution in [0.25, 0.3) is 0 Å². The zero-order valence-electron chi connectivity index (χ0n) is 9.86. The number of benzene rings is 1. The van der Waals surface area contributed by atoms with Crippen LogP contribution in [0.15, 0.2) is 30.3 Å². The van der Waals surface area contributed by atoms with E-state index in [4.69, 9.17) is 4.74 Å². The molecule has 1 unspecified atom stereocenters. The van der Waals surface area contributed by atoms with Crippen molar-refractivity contribution >= 4 is 5.69 Å². The first kappa shape index (κ1) is 11.4. The highest BCUT2D eigenvalue weighted by molar-refractivity contribution is 5.42. The minimum atomic E-state index is 0.380. The normalized spacial score (nSPS) is 21.9. The third kappa shape index (κ3) is 3.51. The summed E-state index contributed by atoms with van der Waals surface area (Å²) in [7, 11) is 0. The van der Waals surface area contributed by atoms with Gasteiger partial charge in [-0.15, -0.1) is 0 Å². The number of ether oxygens (including phenoxy) is 1. The van der Waals surface area contributed by atoms with E-state index >= 15 is 0 Å². The summed E-state index contributed by atoms with van der Waals surface area (Å²) in [6, 6.07) is 10.3. The van der Waals surface area contributed by atoms with E-state index < -0.39 is 0 Å². The largest absolute Gasteiger partial charge is 0.384 e. The van der Waals surface area contributed by atoms with Crippen molar-refractivity contribution < 1.29 is 4.74 Å². The molecule has 0 aromatic heterocycles. The van der Waals surface area contributed by atoms with E-state index in [9.17, 15) is 0 Å². The highest BCUT2D eigenvalue weighted by Crippen LogP contribution is 2.06. The molecule has 1 N–H and O–H groups in total. The van der Waals surface area contributed by atoms with E-state index in [1.807, 2.05) is 6.07 Å². The molecule has 0 amide bonds. The molecule has 16 heavy (non-hydrogen) atoms. The van der Waals surface area contributed by atoms with Crippen LogP contribution in [0.4, 0.5) is 5.69 Å². The Labute approximate surface area is 97.4 Å². The molecule has 3 heteroatoms. The lowest BCUT2D eigenvalue weighted by molar-refractivity contribution is -0.0166. The van der Waals surface area contributed by atoms with Crippen molar-refractivity contribution in [2.24, 2.45) is 0 Å². The van der Waals surface area contributed by atoms with Gasteiger partial charge in [0.05, 0.1) is 12.7 Å². The summed E-state index contributed by atoms with van der Waals surface area (Å²) in [5.74, 6) is 0. The first-order chi connectivity index (χ1) is 7.84. The Balaban J connectivity index is 1.68. The van der Waals surface area contributed by atoms with Gasteiger partial charge in [-0.1, -0.05) is 18.2 Å². The van der Waals surface area contributed by atoms with Gasteiger partial charge in [0.1, 0.15) is 0 Å². The molecular formula is C13H20N2O. The molecule has 1 aliphatic rings. The van der Waals surface area contributed by atoms with E-state index in [0.717, 1.165) is 32.8 Å². The van der Waals surface area contributed by atoms with Crippen molar-refractivity contribution in [1.29, 1.82) is 0 Å². The quantitative estimate of drug-likeness (QED) is 0.837. The molecule has 2 rings (SSSR count). The second-order valence-electron chi connectivity index (χ2n) is 4.27. The Bertz CT molecular complexity index is 302. The van der Waals surface area contributed by atoms with Gasteiger partial charge in [-0.25, -0.2) is 0 Å². The summed E-state index contributed by atoms with van der Waals surface area (Å²) in [5.41, 5.74) is 1.20.